The maximum Gasteiger partial charge on any atom is 0.213 e. The highest BCUT2D eigenvalue weighted by atomic mass is 16.5. The minimum Gasteiger partial charge on any atom is -0.488 e. The molecule has 1 unspecified atom stereocenters. The number of para-hydroxylation sites is 1. The highest BCUT2D eigenvalue weighted by molar-refractivity contribution is 5.70. The van der Waals surface area contributed by atoms with Crippen LogP contribution < -0.4 is 15.2 Å². The van der Waals surface area contributed by atoms with Crippen molar-refractivity contribution in [2.24, 2.45) is 5.73 Å². The molecule has 98 valence electrons. The van der Waals surface area contributed by atoms with Crippen molar-refractivity contribution in [1.82, 2.24) is 4.98 Å². The number of methoxy groups -OCH3 is 1. The average Bonchev–Trinajstić information content (AvgIpc) is 2.90. The van der Waals surface area contributed by atoms with Gasteiger partial charge in [-0.2, -0.15) is 0 Å². The Morgan fingerprint density at radius 1 is 1.32 bits per heavy atom. The molecule has 1 aromatic carbocycles. The predicted octanol–water partition coefficient (Wildman–Crippen LogP) is 2.02. The minimum absolute atomic E-state index is 0.0711. The van der Waals surface area contributed by atoms with E-state index in [4.69, 9.17) is 15.2 Å². The SMILES string of the molecule is COc1cccc(-c2cccc3c2OC(CN)C3)n1. The van der Waals surface area contributed by atoms with Crippen LogP contribution in [0.2, 0.25) is 0 Å². The number of ether oxygens (including phenoxy) is 2. The summed E-state index contributed by atoms with van der Waals surface area (Å²) < 4.78 is 11.1. The quantitative estimate of drug-likeness (QED) is 0.912. The van der Waals surface area contributed by atoms with Crippen molar-refractivity contribution in [2.75, 3.05) is 13.7 Å². The van der Waals surface area contributed by atoms with Crippen LogP contribution in [-0.2, 0) is 6.42 Å². The van der Waals surface area contributed by atoms with Crippen molar-refractivity contribution in [2.45, 2.75) is 12.5 Å². The van der Waals surface area contributed by atoms with Crippen LogP contribution in [0.15, 0.2) is 36.4 Å². The molecule has 0 saturated carbocycles. The smallest absolute Gasteiger partial charge is 0.213 e. The van der Waals surface area contributed by atoms with Gasteiger partial charge in [-0.1, -0.05) is 18.2 Å². The zero-order valence-electron chi connectivity index (χ0n) is 10.8. The molecule has 0 amide bonds. The van der Waals surface area contributed by atoms with Crippen LogP contribution in [0.1, 0.15) is 5.56 Å². The molecule has 2 aromatic rings. The molecule has 19 heavy (non-hydrogen) atoms. The number of pyridine rings is 1. The van der Waals surface area contributed by atoms with E-state index in [0.29, 0.717) is 12.4 Å². The molecular weight excluding hydrogens is 240 g/mol. The van der Waals surface area contributed by atoms with E-state index >= 15 is 0 Å². The number of aromatic nitrogens is 1. The van der Waals surface area contributed by atoms with Gasteiger partial charge in [0.05, 0.1) is 12.8 Å². The van der Waals surface area contributed by atoms with Gasteiger partial charge < -0.3 is 15.2 Å². The molecule has 2 heterocycles. The maximum atomic E-state index is 5.91. The van der Waals surface area contributed by atoms with Gasteiger partial charge in [-0.15, -0.1) is 0 Å². The lowest BCUT2D eigenvalue weighted by Crippen LogP contribution is -2.24. The van der Waals surface area contributed by atoms with Crippen LogP contribution in [0.4, 0.5) is 0 Å². The molecule has 1 atom stereocenters. The van der Waals surface area contributed by atoms with Crippen LogP contribution in [0.3, 0.4) is 0 Å². The first kappa shape index (κ1) is 12.0. The first-order valence-electron chi connectivity index (χ1n) is 6.32. The third-order valence-electron chi connectivity index (χ3n) is 3.30. The Hall–Kier alpha value is -2.07. The molecule has 4 heteroatoms. The highest BCUT2D eigenvalue weighted by Crippen LogP contribution is 2.38. The molecule has 1 aliphatic heterocycles. The van der Waals surface area contributed by atoms with Crippen LogP contribution in [0.5, 0.6) is 11.6 Å². The lowest BCUT2D eigenvalue weighted by atomic mass is 10.0. The second-order valence-corrected chi connectivity index (χ2v) is 4.54. The Kier molecular flexibility index (Phi) is 3.09. The fourth-order valence-corrected chi connectivity index (χ4v) is 2.35. The molecule has 4 nitrogen and oxygen atoms in total. The highest BCUT2D eigenvalue weighted by Gasteiger charge is 2.24. The Balaban J connectivity index is 2.05. The monoisotopic (exact) mass is 256 g/mol. The van der Waals surface area contributed by atoms with Crippen LogP contribution in [-0.4, -0.2) is 24.7 Å². The van der Waals surface area contributed by atoms with Crippen molar-refractivity contribution >= 4 is 0 Å². The molecule has 0 bridgehead atoms. The second-order valence-electron chi connectivity index (χ2n) is 4.54. The van der Waals surface area contributed by atoms with Crippen molar-refractivity contribution in [3.63, 3.8) is 0 Å². The lowest BCUT2D eigenvalue weighted by Gasteiger charge is -2.10. The summed E-state index contributed by atoms with van der Waals surface area (Å²) in [6.07, 6.45) is 0.936. The van der Waals surface area contributed by atoms with Crippen molar-refractivity contribution in [1.29, 1.82) is 0 Å². The number of nitrogens with zero attached hydrogens (tertiary/aromatic N) is 1. The molecule has 0 radical (unpaired) electrons. The molecule has 0 saturated heterocycles. The van der Waals surface area contributed by atoms with Crippen molar-refractivity contribution in [3.05, 3.63) is 42.0 Å². The first-order valence-corrected chi connectivity index (χ1v) is 6.32. The van der Waals surface area contributed by atoms with Gasteiger partial charge in [0.2, 0.25) is 5.88 Å². The molecule has 2 N–H and O–H groups in total. The molecular formula is C15H16N2O2. The number of rotatable bonds is 3. The van der Waals surface area contributed by atoms with E-state index in [9.17, 15) is 0 Å². The number of hydrogen-bond donors (Lipinski definition) is 1. The molecule has 3 rings (SSSR count). The minimum atomic E-state index is 0.0711. The second kappa shape index (κ2) is 4.90. The number of benzene rings is 1. The van der Waals surface area contributed by atoms with Gasteiger partial charge in [-0.05, 0) is 17.7 Å². The third kappa shape index (κ3) is 2.15. The van der Waals surface area contributed by atoms with E-state index in [2.05, 4.69) is 11.1 Å². The summed E-state index contributed by atoms with van der Waals surface area (Å²) in [5, 5.41) is 0. The summed E-state index contributed by atoms with van der Waals surface area (Å²) >= 11 is 0. The summed E-state index contributed by atoms with van der Waals surface area (Å²) in [4.78, 5) is 4.46. The van der Waals surface area contributed by atoms with Crippen LogP contribution in [0, 0.1) is 0 Å². The Morgan fingerprint density at radius 3 is 2.95 bits per heavy atom. The largest absolute Gasteiger partial charge is 0.488 e. The fourth-order valence-electron chi connectivity index (χ4n) is 2.35. The van der Waals surface area contributed by atoms with Gasteiger partial charge in [0.1, 0.15) is 11.9 Å². The number of hydrogen-bond acceptors (Lipinski definition) is 4. The first-order chi connectivity index (χ1) is 9.31. The van der Waals surface area contributed by atoms with Crippen LogP contribution >= 0.6 is 0 Å². The predicted molar refractivity (Wildman–Crippen MR) is 73.4 cm³/mol. The number of fused-ring (bicyclic) bond motifs is 1. The van der Waals surface area contributed by atoms with Gasteiger partial charge in [0, 0.05) is 24.6 Å². The average molecular weight is 256 g/mol. The molecule has 1 aromatic heterocycles. The maximum absolute atomic E-state index is 5.91. The summed E-state index contributed by atoms with van der Waals surface area (Å²) in [5.74, 6) is 1.50. The third-order valence-corrected chi connectivity index (χ3v) is 3.30. The van der Waals surface area contributed by atoms with Gasteiger partial charge in [0.25, 0.3) is 0 Å². The Bertz CT molecular complexity index is 598. The van der Waals surface area contributed by atoms with E-state index < -0.39 is 0 Å². The van der Waals surface area contributed by atoms with Gasteiger partial charge in [-0.3, -0.25) is 0 Å². The van der Waals surface area contributed by atoms with E-state index in [-0.39, 0.29) is 6.10 Å². The van der Waals surface area contributed by atoms with E-state index in [1.807, 2.05) is 30.3 Å². The van der Waals surface area contributed by atoms with E-state index in [1.165, 1.54) is 5.56 Å². The van der Waals surface area contributed by atoms with Gasteiger partial charge >= 0.3 is 0 Å². The fraction of sp³-hybridized carbons (Fsp3) is 0.267. The lowest BCUT2D eigenvalue weighted by molar-refractivity contribution is 0.242. The van der Waals surface area contributed by atoms with Gasteiger partial charge in [0.15, 0.2) is 0 Å². The molecule has 0 aliphatic carbocycles. The molecule has 0 spiro atoms. The Morgan fingerprint density at radius 2 is 2.16 bits per heavy atom. The topological polar surface area (TPSA) is 57.4 Å². The molecule has 1 aliphatic rings. The van der Waals surface area contributed by atoms with E-state index in [0.717, 1.165) is 23.4 Å². The van der Waals surface area contributed by atoms with Crippen molar-refractivity contribution in [3.8, 4) is 22.9 Å². The standard InChI is InChI=1S/C15H16N2O2/c1-18-14-7-3-6-13(17-14)12-5-2-4-10-8-11(9-16)19-15(10)12/h2-7,11H,8-9,16H2,1H3. The summed E-state index contributed by atoms with van der Waals surface area (Å²) in [7, 11) is 1.61. The summed E-state index contributed by atoms with van der Waals surface area (Å²) in [6, 6.07) is 11.8. The molecule has 0 fully saturated rings. The van der Waals surface area contributed by atoms with E-state index in [1.54, 1.807) is 7.11 Å². The zero-order valence-corrected chi connectivity index (χ0v) is 10.8. The normalized spacial score (nSPS) is 16.8. The summed E-state index contributed by atoms with van der Waals surface area (Å²) in [6.45, 7) is 0.527. The van der Waals surface area contributed by atoms with Gasteiger partial charge in [-0.25, -0.2) is 4.98 Å². The zero-order chi connectivity index (χ0) is 13.2. The Labute approximate surface area is 112 Å². The summed E-state index contributed by atoms with van der Waals surface area (Å²) in [5.41, 5.74) is 8.73. The number of nitrogens with two attached hydrogens (primary N) is 1. The van der Waals surface area contributed by atoms with Crippen LogP contribution in [0.25, 0.3) is 11.3 Å². The van der Waals surface area contributed by atoms with Crippen molar-refractivity contribution < 1.29 is 9.47 Å².